The lowest BCUT2D eigenvalue weighted by atomic mass is 10.1. The molecule has 5 heteroatoms. The summed E-state index contributed by atoms with van der Waals surface area (Å²) in [6, 6.07) is 4.48. The first kappa shape index (κ1) is 13.8. The lowest BCUT2D eigenvalue weighted by Gasteiger charge is -2.07. The van der Waals surface area contributed by atoms with Crippen molar-refractivity contribution in [1.29, 1.82) is 0 Å². The third-order valence-electron chi connectivity index (χ3n) is 2.49. The van der Waals surface area contributed by atoms with E-state index in [1.807, 2.05) is 0 Å². The second-order valence-electron chi connectivity index (χ2n) is 3.73. The first-order valence-corrected chi connectivity index (χ1v) is 5.26. The highest BCUT2D eigenvalue weighted by Crippen LogP contribution is 2.21. The van der Waals surface area contributed by atoms with Crippen molar-refractivity contribution in [3.63, 3.8) is 0 Å². The highest BCUT2D eigenvalue weighted by molar-refractivity contribution is 5.88. The number of benzene rings is 1. The van der Waals surface area contributed by atoms with Crippen LogP contribution in [0.25, 0.3) is 0 Å². The highest BCUT2D eigenvalue weighted by Gasteiger charge is 2.08. The van der Waals surface area contributed by atoms with E-state index in [1.165, 1.54) is 32.2 Å². The molecule has 2 N–H and O–H groups in total. The van der Waals surface area contributed by atoms with Crippen molar-refractivity contribution in [3.05, 3.63) is 41.0 Å². The van der Waals surface area contributed by atoms with Crippen LogP contribution in [0, 0.1) is 0 Å². The molecular weight excluding hydrogens is 236 g/mol. The van der Waals surface area contributed by atoms with Gasteiger partial charge in [0.2, 0.25) is 0 Å². The molecule has 0 heterocycles. The Morgan fingerprint density at radius 3 is 2.50 bits per heavy atom. The van der Waals surface area contributed by atoms with E-state index in [2.05, 4.69) is 0 Å². The third-order valence-corrected chi connectivity index (χ3v) is 2.49. The fourth-order valence-electron chi connectivity index (χ4n) is 1.42. The van der Waals surface area contributed by atoms with Crippen LogP contribution < -0.4 is 4.74 Å². The Kier molecular flexibility index (Phi) is 4.48. The molecule has 0 fully saturated rings. The van der Waals surface area contributed by atoms with Gasteiger partial charge in [-0.05, 0) is 37.1 Å². The summed E-state index contributed by atoms with van der Waals surface area (Å²) in [5.74, 6) is -1.49. The Morgan fingerprint density at radius 1 is 1.33 bits per heavy atom. The summed E-state index contributed by atoms with van der Waals surface area (Å²) in [7, 11) is 1.48. The van der Waals surface area contributed by atoms with Gasteiger partial charge in [0.1, 0.15) is 5.75 Å². The molecule has 0 radical (unpaired) electrons. The SMILES string of the molecule is COc1ccc(C(=O)O)cc1C/C=C(\C)C(=O)O. The van der Waals surface area contributed by atoms with Gasteiger partial charge in [0, 0.05) is 5.57 Å². The summed E-state index contributed by atoms with van der Waals surface area (Å²) < 4.78 is 5.10. The summed E-state index contributed by atoms with van der Waals surface area (Å²) in [4.78, 5) is 21.5. The molecule has 5 nitrogen and oxygen atoms in total. The van der Waals surface area contributed by atoms with Crippen molar-refractivity contribution in [1.82, 2.24) is 0 Å². The minimum atomic E-state index is -1.03. The fraction of sp³-hybridized carbons (Fsp3) is 0.231. The summed E-state index contributed by atoms with van der Waals surface area (Å²) in [6.07, 6.45) is 1.83. The van der Waals surface area contributed by atoms with E-state index in [4.69, 9.17) is 14.9 Å². The Balaban J connectivity index is 3.05. The van der Waals surface area contributed by atoms with Gasteiger partial charge in [-0.1, -0.05) is 6.08 Å². The maximum Gasteiger partial charge on any atom is 0.335 e. The van der Waals surface area contributed by atoms with E-state index in [0.29, 0.717) is 17.7 Å². The molecule has 0 saturated carbocycles. The van der Waals surface area contributed by atoms with Crippen LogP contribution in [0.5, 0.6) is 5.75 Å². The molecule has 18 heavy (non-hydrogen) atoms. The van der Waals surface area contributed by atoms with E-state index >= 15 is 0 Å². The number of rotatable bonds is 5. The first-order chi connectivity index (χ1) is 8.45. The summed E-state index contributed by atoms with van der Waals surface area (Å²) in [5.41, 5.74) is 0.989. The van der Waals surface area contributed by atoms with E-state index < -0.39 is 11.9 Å². The Labute approximate surface area is 104 Å². The van der Waals surface area contributed by atoms with Crippen LogP contribution in [0.3, 0.4) is 0 Å². The number of hydrogen-bond donors (Lipinski definition) is 2. The minimum Gasteiger partial charge on any atom is -0.496 e. The van der Waals surface area contributed by atoms with Crippen molar-refractivity contribution in [2.75, 3.05) is 7.11 Å². The van der Waals surface area contributed by atoms with Crippen LogP contribution >= 0.6 is 0 Å². The second-order valence-corrected chi connectivity index (χ2v) is 3.73. The maximum atomic E-state index is 10.8. The lowest BCUT2D eigenvalue weighted by Crippen LogP contribution is -2.01. The average Bonchev–Trinajstić information content (AvgIpc) is 2.35. The smallest absolute Gasteiger partial charge is 0.335 e. The number of ether oxygens (including phenoxy) is 1. The molecule has 0 bridgehead atoms. The molecule has 1 aromatic rings. The molecular formula is C13H14O5. The summed E-state index contributed by atoms with van der Waals surface area (Å²) in [6.45, 7) is 1.48. The quantitative estimate of drug-likeness (QED) is 0.780. The van der Waals surface area contributed by atoms with Gasteiger partial charge in [0.15, 0.2) is 0 Å². The van der Waals surface area contributed by atoms with Gasteiger partial charge in [-0.2, -0.15) is 0 Å². The van der Waals surface area contributed by atoms with Gasteiger partial charge in [-0.25, -0.2) is 9.59 Å². The van der Waals surface area contributed by atoms with Gasteiger partial charge >= 0.3 is 11.9 Å². The number of aliphatic carboxylic acids is 1. The van der Waals surface area contributed by atoms with E-state index in [0.717, 1.165) is 0 Å². The molecule has 0 saturated heterocycles. The average molecular weight is 250 g/mol. The molecule has 0 spiro atoms. The van der Waals surface area contributed by atoms with Crippen molar-refractivity contribution in [2.24, 2.45) is 0 Å². The molecule has 0 aliphatic heterocycles. The number of carboxylic acids is 2. The van der Waals surface area contributed by atoms with Gasteiger partial charge in [0.25, 0.3) is 0 Å². The number of carboxylic acid groups (broad SMARTS) is 2. The molecule has 0 aliphatic carbocycles. The van der Waals surface area contributed by atoms with Crippen LogP contribution in [-0.2, 0) is 11.2 Å². The molecule has 0 amide bonds. The minimum absolute atomic E-state index is 0.146. The topological polar surface area (TPSA) is 83.8 Å². The third kappa shape index (κ3) is 3.35. The summed E-state index contributed by atoms with van der Waals surface area (Å²) in [5, 5.41) is 17.6. The molecule has 0 atom stereocenters. The fourth-order valence-corrected chi connectivity index (χ4v) is 1.42. The maximum absolute atomic E-state index is 10.8. The van der Waals surface area contributed by atoms with Crippen molar-refractivity contribution in [2.45, 2.75) is 13.3 Å². The van der Waals surface area contributed by atoms with Crippen LogP contribution in [0.1, 0.15) is 22.8 Å². The Hall–Kier alpha value is -2.30. The molecule has 0 aliphatic rings. The van der Waals surface area contributed by atoms with Crippen LogP contribution in [0.15, 0.2) is 29.8 Å². The number of methoxy groups -OCH3 is 1. The zero-order chi connectivity index (χ0) is 13.7. The zero-order valence-electron chi connectivity index (χ0n) is 10.1. The van der Waals surface area contributed by atoms with Crippen LogP contribution in [0.4, 0.5) is 0 Å². The predicted octanol–water partition coefficient (Wildman–Crippen LogP) is 1.97. The highest BCUT2D eigenvalue weighted by atomic mass is 16.5. The number of allylic oxidation sites excluding steroid dienone is 1. The number of carbonyl (C=O) groups is 2. The van der Waals surface area contributed by atoms with Gasteiger partial charge in [-0.15, -0.1) is 0 Å². The molecule has 1 rings (SSSR count). The standard InChI is InChI=1S/C13H14O5/c1-8(12(14)15)3-4-9-7-10(13(16)17)5-6-11(9)18-2/h3,5-7H,4H2,1-2H3,(H,14,15)(H,16,17)/b8-3+. The van der Waals surface area contributed by atoms with Crippen LogP contribution in [-0.4, -0.2) is 29.3 Å². The van der Waals surface area contributed by atoms with Gasteiger partial charge in [0.05, 0.1) is 12.7 Å². The van der Waals surface area contributed by atoms with E-state index in [-0.39, 0.29) is 11.1 Å². The van der Waals surface area contributed by atoms with E-state index in [1.54, 1.807) is 6.07 Å². The molecule has 1 aromatic carbocycles. The second kappa shape index (κ2) is 5.86. The first-order valence-electron chi connectivity index (χ1n) is 5.26. The zero-order valence-corrected chi connectivity index (χ0v) is 10.1. The normalized spacial score (nSPS) is 11.1. The largest absolute Gasteiger partial charge is 0.496 e. The Bertz CT molecular complexity index is 502. The van der Waals surface area contributed by atoms with Crippen molar-refractivity contribution < 1.29 is 24.5 Å². The monoisotopic (exact) mass is 250 g/mol. The van der Waals surface area contributed by atoms with E-state index in [9.17, 15) is 9.59 Å². The van der Waals surface area contributed by atoms with Gasteiger partial charge < -0.3 is 14.9 Å². The van der Waals surface area contributed by atoms with Gasteiger partial charge in [-0.3, -0.25) is 0 Å². The number of hydrogen-bond acceptors (Lipinski definition) is 3. The van der Waals surface area contributed by atoms with Crippen molar-refractivity contribution >= 4 is 11.9 Å². The summed E-state index contributed by atoms with van der Waals surface area (Å²) >= 11 is 0. The molecule has 0 unspecified atom stereocenters. The molecule has 96 valence electrons. The van der Waals surface area contributed by atoms with Crippen LogP contribution in [0.2, 0.25) is 0 Å². The van der Waals surface area contributed by atoms with Crippen molar-refractivity contribution in [3.8, 4) is 5.75 Å². The predicted molar refractivity (Wildman–Crippen MR) is 65.1 cm³/mol. The molecule has 0 aromatic heterocycles. The number of aromatic carboxylic acids is 1. The Morgan fingerprint density at radius 2 is 2.00 bits per heavy atom. The lowest BCUT2D eigenvalue weighted by molar-refractivity contribution is -0.132.